The van der Waals surface area contributed by atoms with Crippen LogP contribution in [0.25, 0.3) is 0 Å². The summed E-state index contributed by atoms with van der Waals surface area (Å²) in [5.41, 5.74) is 0.616. The largest absolute Gasteiger partial charge is 0.467 e. The Hall–Kier alpha value is -2.51. The minimum atomic E-state index is -0.405. The van der Waals surface area contributed by atoms with Crippen LogP contribution in [-0.4, -0.2) is 31.6 Å². The van der Waals surface area contributed by atoms with Gasteiger partial charge in [0.25, 0.3) is 0 Å². The van der Waals surface area contributed by atoms with Crippen molar-refractivity contribution in [3.05, 3.63) is 53.4 Å². The minimum Gasteiger partial charge on any atom is -0.467 e. The van der Waals surface area contributed by atoms with Gasteiger partial charge in [-0.25, -0.2) is 4.79 Å². The lowest BCUT2D eigenvalue weighted by Gasteiger charge is -2.08. The number of rotatable bonds is 9. The summed E-state index contributed by atoms with van der Waals surface area (Å²) in [4.78, 5) is 23.3. The zero-order chi connectivity index (χ0) is 17.9. The summed E-state index contributed by atoms with van der Waals surface area (Å²) in [7, 11) is 0. The Labute approximate surface area is 150 Å². The van der Waals surface area contributed by atoms with Gasteiger partial charge >= 0.3 is 6.03 Å². The van der Waals surface area contributed by atoms with Crippen molar-refractivity contribution in [1.29, 1.82) is 0 Å². The van der Waals surface area contributed by atoms with E-state index in [1.165, 1.54) is 0 Å². The van der Waals surface area contributed by atoms with Crippen LogP contribution in [0.1, 0.15) is 12.2 Å². The van der Waals surface area contributed by atoms with Gasteiger partial charge in [0.05, 0.1) is 12.8 Å². The third kappa shape index (κ3) is 7.73. The van der Waals surface area contributed by atoms with Crippen LogP contribution in [0.3, 0.4) is 0 Å². The molecule has 0 spiro atoms. The highest BCUT2D eigenvalue weighted by Gasteiger charge is 2.05. The average molecular weight is 366 g/mol. The van der Waals surface area contributed by atoms with Crippen molar-refractivity contribution in [3.63, 3.8) is 0 Å². The molecule has 1 heterocycles. The highest BCUT2D eigenvalue weighted by molar-refractivity contribution is 6.30. The lowest BCUT2D eigenvalue weighted by atomic mass is 10.3. The number of urea groups is 1. The van der Waals surface area contributed by atoms with Gasteiger partial charge in [-0.1, -0.05) is 11.6 Å². The number of halogens is 1. The van der Waals surface area contributed by atoms with Crippen molar-refractivity contribution in [2.45, 2.75) is 13.0 Å². The summed E-state index contributed by atoms with van der Waals surface area (Å²) >= 11 is 5.77. The SMILES string of the molecule is O=C(CNC(=O)NCCCOCc1ccco1)Nc1ccc(Cl)cc1. The van der Waals surface area contributed by atoms with Gasteiger partial charge in [0.2, 0.25) is 5.91 Å². The van der Waals surface area contributed by atoms with Gasteiger partial charge in [0.15, 0.2) is 0 Å². The number of hydrogen-bond donors (Lipinski definition) is 3. The molecule has 0 fully saturated rings. The molecule has 0 radical (unpaired) electrons. The Balaban J connectivity index is 1.50. The first-order valence-corrected chi connectivity index (χ1v) is 8.18. The molecule has 0 bridgehead atoms. The second kappa shape index (κ2) is 10.4. The summed E-state index contributed by atoms with van der Waals surface area (Å²) < 4.78 is 10.5. The molecule has 25 heavy (non-hydrogen) atoms. The Morgan fingerprint density at radius 2 is 1.92 bits per heavy atom. The molecule has 0 aliphatic carbocycles. The van der Waals surface area contributed by atoms with E-state index in [-0.39, 0.29) is 12.5 Å². The van der Waals surface area contributed by atoms with Crippen molar-refractivity contribution in [1.82, 2.24) is 10.6 Å². The lowest BCUT2D eigenvalue weighted by Crippen LogP contribution is -2.40. The fourth-order valence-electron chi connectivity index (χ4n) is 1.91. The zero-order valence-corrected chi connectivity index (χ0v) is 14.3. The van der Waals surface area contributed by atoms with E-state index in [9.17, 15) is 9.59 Å². The topological polar surface area (TPSA) is 92.6 Å². The Kier molecular flexibility index (Phi) is 7.81. The fraction of sp³-hybridized carbons (Fsp3) is 0.294. The zero-order valence-electron chi connectivity index (χ0n) is 13.6. The highest BCUT2D eigenvalue weighted by atomic mass is 35.5. The molecule has 0 aliphatic heterocycles. The summed E-state index contributed by atoms with van der Waals surface area (Å²) in [5, 5.41) is 8.38. The second-order valence-corrected chi connectivity index (χ2v) is 5.59. The van der Waals surface area contributed by atoms with E-state index in [0.29, 0.717) is 36.9 Å². The fourth-order valence-corrected chi connectivity index (χ4v) is 2.03. The third-order valence-corrected chi connectivity index (χ3v) is 3.36. The van der Waals surface area contributed by atoms with Crippen molar-refractivity contribution < 1.29 is 18.7 Å². The van der Waals surface area contributed by atoms with Crippen LogP contribution < -0.4 is 16.0 Å². The van der Waals surface area contributed by atoms with Gasteiger partial charge in [0, 0.05) is 23.9 Å². The van der Waals surface area contributed by atoms with E-state index in [1.807, 2.05) is 6.07 Å². The molecule has 3 N–H and O–H groups in total. The number of benzene rings is 1. The van der Waals surface area contributed by atoms with E-state index in [4.69, 9.17) is 20.8 Å². The number of amides is 3. The van der Waals surface area contributed by atoms with E-state index < -0.39 is 6.03 Å². The van der Waals surface area contributed by atoms with Crippen LogP contribution in [-0.2, 0) is 16.1 Å². The van der Waals surface area contributed by atoms with Gasteiger partial charge in [-0.15, -0.1) is 0 Å². The van der Waals surface area contributed by atoms with Crippen LogP contribution in [0.2, 0.25) is 5.02 Å². The summed E-state index contributed by atoms with van der Waals surface area (Å²) in [6.07, 6.45) is 2.25. The maximum atomic E-state index is 11.7. The van der Waals surface area contributed by atoms with Crippen molar-refractivity contribution in [2.75, 3.05) is 25.0 Å². The molecular formula is C17H20ClN3O4. The third-order valence-electron chi connectivity index (χ3n) is 3.11. The van der Waals surface area contributed by atoms with Crippen LogP contribution in [0.5, 0.6) is 0 Å². The molecule has 0 saturated carbocycles. The molecule has 0 atom stereocenters. The predicted octanol–water partition coefficient (Wildman–Crippen LogP) is 2.78. The van der Waals surface area contributed by atoms with Crippen molar-refractivity contribution >= 4 is 29.2 Å². The lowest BCUT2D eigenvalue weighted by molar-refractivity contribution is -0.115. The molecule has 3 amide bonds. The number of ether oxygens (including phenoxy) is 1. The first-order valence-electron chi connectivity index (χ1n) is 7.81. The Bertz CT molecular complexity index is 659. The molecule has 8 heteroatoms. The smallest absolute Gasteiger partial charge is 0.315 e. The van der Waals surface area contributed by atoms with Gasteiger partial charge in [-0.2, -0.15) is 0 Å². The number of anilines is 1. The first-order chi connectivity index (χ1) is 12.1. The van der Waals surface area contributed by atoms with Crippen LogP contribution >= 0.6 is 11.6 Å². The molecular weight excluding hydrogens is 346 g/mol. The van der Waals surface area contributed by atoms with Crippen LogP contribution in [0.15, 0.2) is 47.1 Å². The van der Waals surface area contributed by atoms with E-state index in [1.54, 1.807) is 36.6 Å². The maximum absolute atomic E-state index is 11.7. The maximum Gasteiger partial charge on any atom is 0.315 e. The number of nitrogens with one attached hydrogen (secondary N) is 3. The predicted molar refractivity (Wildman–Crippen MR) is 94.5 cm³/mol. The molecule has 1 aromatic heterocycles. The normalized spacial score (nSPS) is 10.3. The Morgan fingerprint density at radius 3 is 2.64 bits per heavy atom. The first kappa shape index (κ1) is 18.8. The van der Waals surface area contributed by atoms with E-state index >= 15 is 0 Å². The summed E-state index contributed by atoms with van der Waals surface area (Å²) in [6.45, 7) is 1.23. The molecule has 134 valence electrons. The molecule has 0 saturated heterocycles. The van der Waals surface area contributed by atoms with Crippen molar-refractivity contribution in [3.8, 4) is 0 Å². The number of carbonyl (C=O) groups excluding carboxylic acids is 2. The van der Waals surface area contributed by atoms with Gasteiger partial charge in [-0.05, 0) is 42.8 Å². The van der Waals surface area contributed by atoms with E-state index in [0.717, 1.165) is 5.76 Å². The van der Waals surface area contributed by atoms with E-state index in [2.05, 4.69) is 16.0 Å². The number of hydrogen-bond acceptors (Lipinski definition) is 4. The molecule has 0 unspecified atom stereocenters. The monoisotopic (exact) mass is 365 g/mol. The average Bonchev–Trinajstić information content (AvgIpc) is 3.11. The quantitative estimate of drug-likeness (QED) is 0.596. The van der Waals surface area contributed by atoms with Crippen molar-refractivity contribution in [2.24, 2.45) is 0 Å². The summed E-state index contributed by atoms with van der Waals surface area (Å²) in [6, 6.07) is 9.94. The summed E-state index contributed by atoms with van der Waals surface area (Å²) in [5.74, 6) is 0.441. The minimum absolute atomic E-state index is 0.122. The van der Waals surface area contributed by atoms with Gasteiger partial charge in [-0.3, -0.25) is 4.79 Å². The molecule has 2 rings (SSSR count). The van der Waals surface area contributed by atoms with Gasteiger partial charge < -0.3 is 25.1 Å². The standard InChI is InChI=1S/C17H20ClN3O4/c18-13-4-6-14(7-5-13)21-16(22)11-20-17(23)19-8-2-9-24-12-15-3-1-10-25-15/h1,3-7,10H,2,8-9,11-12H2,(H,21,22)(H2,19,20,23). The number of furan rings is 1. The molecule has 0 aliphatic rings. The molecule has 2 aromatic rings. The number of carbonyl (C=O) groups is 2. The van der Waals surface area contributed by atoms with Gasteiger partial charge in [0.1, 0.15) is 12.4 Å². The molecule has 7 nitrogen and oxygen atoms in total. The van der Waals surface area contributed by atoms with Crippen LogP contribution in [0.4, 0.5) is 10.5 Å². The Morgan fingerprint density at radius 1 is 1.12 bits per heavy atom. The van der Waals surface area contributed by atoms with Crippen LogP contribution in [0, 0.1) is 0 Å². The highest BCUT2D eigenvalue weighted by Crippen LogP contribution is 2.12. The second-order valence-electron chi connectivity index (χ2n) is 5.15. The molecule has 1 aromatic carbocycles.